The largest absolute Gasteiger partial charge is 0.481 e. The van der Waals surface area contributed by atoms with Gasteiger partial charge in [-0.05, 0) is 32.1 Å². The van der Waals surface area contributed by atoms with Gasteiger partial charge in [-0.25, -0.2) is 4.79 Å². The fraction of sp³-hybridized carbons (Fsp3) is 0.848. The molecule has 0 aromatic carbocycles. The van der Waals surface area contributed by atoms with Gasteiger partial charge < -0.3 is 45.1 Å². The fourth-order valence-electron chi connectivity index (χ4n) is 6.00. The maximum atomic E-state index is 12.0. The standard InChI is InChI=1S/C27H49NO6.C19H36N2O7/c1-2-23(29)21-22-24(27(33)34)28-25(30)19-17-15-13-11-9-7-5-3-4-6-8-10-12-14-16-18-20-26(31)32;1-3-9-25-11-14-28-16-19(24)21-8-10-26-12-13-27-15-17(22)6-5-7-20-18(23)4-2/h24H,2-22H2,1H3,(H,28,30)(H,31,32)(H,33,34);3-16H2,1-2H3,(H,20,23)(H,21,24)/t24-;/m0./s1. The van der Waals surface area contributed by atoms with Gasteiger partial charge in [0, 0.05) is 58.2 Å². The molecule has 0 spiro atoms. The zero-order valence-corrected chi connectivity index (χ0v) is 38.7. The molecule has 362 valence electrons. The van der Waals surface area contributed by atoms with Gasteiger partial charge in [0.05, 0.1) is 33.0 Å². The Labute approximate surface area is 372 Å². The first kappa shape index (κ1) is 60.6. The second-order valence-corrected chi connectivity index (χ2v) is 15.5. The Morgan fingerprint density at radius 3 is 1.42 bits per heavy atom. The van der Waals surface area contributed by atoms with Gasteiger partial charge in [0.2, 0.25) is 17.7 Å². The maximum Gasteiger partial charge on any atom is 0.326 e. The molecular weight excluding hydrogens is 803 g/mol. The van der Waals surface area contributed by atoms with Crippen molar-refractivity contribution in [2.75, 3.05) is 65.9 Å². The number of carbonyl (C=O) groups is 7. The van der Waals surface area contributed by atoms with E-state index < -0.39 is 18.0 Å². The van der Waals surface area contributed by atoms with Crippen LogP contribution in [-0.4, -0.2) is 123 Å². The average molecular weight is 888 g/mol. The van der Waals surface area contributed by atoms with Crippen molar-refractivity contribution in [1.82, 2.24) is 16.0 Å². The Balaban J connectivity index is 0. The summed E-state index contributed by atoms with van der Waals surface area (Å²) >= 11 is 0. The van der Waals surface area contributed by atoms with E-state index in [-0.39, 0.29) is 55.3 Å². The molecule has 62 heavy (non-hydrogen) atoms. The average Bonchev–Trinajstić information content (AvgIpc) is 3.25. The predicted molar refractivity (Wildman–Crippen MR) is 239 cm³/mol. The summed E-state index contributed by atoms with van der Waals surface area (Å²) in [6.45, 7) is 9.10. The molecule has 5 N–H and O–H groups in total. The monoisotopic (exact) mass is 888 g/mol. The van der Waals surface area contributed by atoms with Crippen molar-refractivity contribution in [3.05, 3.63) is 0 Å². The minimum absolute atomic E-state index is 0.00175. The van der Waals surface area contributed by atoms with E-state index in [1.807, 2.05) is 6.92 Å². The lowest BCUT2D eigenvalue weighted by atomic mass is 10.0. The van der Waals surface area contributed by atoms with E-state index in [9.17, 15) is 38.7 Å². The van der Waals surface area contributed by atoms with Gasteiger partial charge in [0.25, 0.3) is 0 Å². The summed E-state index contributed by atoms with van der Waals surface area (Å²) in [5.41, 5.74) is 0. The van der Waals surface area contributed by atoms with E-state index in [0.29, 0.717) is 91.3 Å². The van der Waals surface area contributed by atoms with Crippen LogP contribution in [0, 0.1) is 0 Å². The van der Waals surface area contributed by atoms with Crippen molar-refractivity contribution in [3.63, 3.8) is 0 Å². The van der Waals surface area contributed by atoms with Crippen LogP contribution >= 0.6 is 0 Å². The number of amides is 3. The Kier molecular flexibility index (Phi) is 46.0. The Bertz CT molecular complexity index is 1160. The first-order valence-electron chi connectivity index (χ1n) is 23.6. The first-order chi connectivity index (χ1) is 30.0. The molecule has 0 radical (unpaired) electrons. The van der Waals surface area contributed by atoms with E-state index in [0.717, 1.165) is 44.9 Å². The molecule has 16 nitrogen and oxygen atoms in total. The molecule has 0 bridgehead atoms. The van der Waals surface area contributed by atoms with Crippen LogP contribution in [0.25, 0.3) is 0 Å². The summed E-state index contributed by atoms with van der Waals surface area (Å²) in [6, 6.07) is -0.974. The smallest absolute Gasteiger partial charge is 0.326 e. The number of ketones is 2. The quantitative estimate of drug-likeness (QED) is 0.0393. The van der Waals surface area contributed by atoms with Crippen molar-refractivity contribution in [3.8, 4) is 0 Å². The highest BCUT2D eigenvalue weighted by Gasteiger charge is 2.20. The fourth-order valence-corrected chi connectivity index (χ4v) is 6.00. The van der Waals surface area contributed by atoms with Crippen LogP contribution in [0.5, 0.6) is 0 Å². The number of aliphatic carboxylic acids is 2. The summed E-state index contributed by atoms with van der Waals surface area (Å²) in [5.74, 6) is -2.21. The summed E-state index contributed by atoms with van der Waals surface area (Å²) in [5, 5.41) is 25.7. The number of ether oxygens (including phenoxy) is 4. The highest BCUT2D eigenvalue weighted by Crippen LogP contribution is 2.14. The maximum absolute atomic E-state index is 12.0. The third-order valence-electron chi connectivity index (χ3n) is 9.72. The Hall–Kier alpha value is -3.47. The van der Waals surface area contributed by atoms with Gasteiger partial charge in [0.1, 0.15) is 25.0 Å². The SMILES string of the molecule is CCC(=O)CC[C@H](NC(=O)CCCCCCCCCCCCCCCCCCC(=O)O)C(=O)O.CCCOCCOCC(=O)NCCOCCOCC(=O)CCCNC(=O)CC. The normalized spacial score (nSPS) is 11.3. The molecular formula is C46H85N3O13. The highest BCUT2D eigenvalue weighted by atomic mass is 16.5. The Morgan fingerprint density at radius 2 is 0.919 bits per heavy atom. The number of hydrogen-bond donors (Lipinski definition) is 5. The molecule has 0 fully saturated rings. The zero-order chi connectivity index (χ0) is 46.3. The number of carbonyl (C=O) groups excluding carboxylic acids is 5. The van der Waals surface area contributed by atoms with Gasteiger partial charge in [-0.15, -0.1) is 0 Å². The highest BCUT2D eigenvalue weighted by molar-refractivity contribution is 5.84. The molecule has 1 atom stereocenters. The molecule has 0 heterocycles. The van der Waals surface area contributed by atoms with Crippen LogP contribution in [0.2, 0.25) is 0 Å². The van der Waals surface area contributed by atoms with E-state index in [1.165, 1.54) is 64.2 Å². The van der Waals surface area contributed by atoms with E-state index >= 15 is 0 Å². The van der Waals surface area contributed by atoms with Crippen LogP contribution in [0.1, 0.15) is 181 Å². The second kappa shape index (κ2) is 47.0. The van der Waals surface area contributed by atoms with Crippen molar-refractivity contribution in [2.24, 2.45) is 0 Å². The van der Waals surface area contributed by atoms with Crippen molar-refractivity contribution in [2.45, 2.75) is 187 Å². The summed E-state index contributed by atoms with van der Waals surface area (Å²) in [4.78, 5) is 79.1. The lowest BCUT2D eigenvalue weighted by molar-refractivity contribution is -0.142. The number of carboxylic acid groups (broad SMARTS) is 2. The molecule has 0 saturated heterocycles. The number of hydrogen-bond acceptors (Lipinski definition) is 11. The summed E-state index contributed by atoms with van der Waals surface area (Å²) < 4.78 is 21.0. The molecule has 3 amide bonds. The van der Waals surface area contributed by atoms with Gasteiger partial charge >= 0.3 is 11.9 Å². The van der Waals surface area contributed by atoms with Gasteiger partial charge in [-0.3, -0.25) is 28.8 Å². The Morgan fingerprint density at radius 1 is 0.435 bits per heavy atom. The third kappa shape index (κ3) is 47.6. The molecule has 0 rings (SSSR count). The minimum atomic E-state index is -1.08. The first-order valence-corrected chi connectivity index (χ1v) is 23.6. The number of carboxylic acids is 2. The van der Waals surface area contributed by atoms with Gasteiger partial charge in [0.15, 0.2) is 5.78 Å². The van der Waals surface area contributed by atoms with E-state index in [1.54, 1.807) is 13.8 Å². The number of rotatable bonds is 45. The van der Waals surface area contributed by atoms with Crippen molar-refractivity contribution < 1.29 is 62.7 Å². The van der Waals surface area contributed by atoms with Crippen LogP contribution in [0.4, 0.5) is 0 Å². The zero-order valence-electron chi connectivity index (χ0n) is 38.7. The lowest BCUT2D eigenvalue weighted by Crippen LogP contribution is -2.41. The number of nitrogens with one attached hydrogen (secondary N) is 3. The molecule has 0 aliphatic rings. The van der Waals surface area contributed by atoms with Crippen LogP contribution < -0.4 is 16.0 Å². The van der Waals surface area contributed by atoms with E-state index in [4.69, 9.17) is 24.1 Å². The lowest BCUT2D eigenvalue weighted by Gasteiger charge is -2.14. The van der Waals surface area contributed by atoms with Gasteiger partial charge in [-0.2, -0.15) is 0 Å². The van der Waals surface area contributed by atoms with E-state index in [2.05, 4.69) is 16.0 Å². The predicted octanol–water partition coefficient (Wildman–Crippen LogP) is 6.88. The number of Topliss-reactive ketones (excluding diaryl/α,β-unsaturated/α-hetero) is 2. The minimum Gasteiger partial charge on any atom is -0.481 e. The van der Waals surface area contributed by atoms with Crippen molar-refractivity contribution >= 4 is 41.2 Å². The summed E-state index contributed by atoms with van der Waals surface area (Å²) in [7, 11) is 0. The molecule has 0 aromatic rings. The van der Waals surface area contributed by atoms with Gasteiger partial charge in [-0.1, -0.05) is 111 Å². The second-order valence-electron chi connectivity index (χ2n) is 15.5. The number of unbranched alkanes of at least 4 members (excludes halogenated alkanes) is 15. The molecule has 0 unspecified atom stereocenters. The third-order valence-corrected chi connectivity index (χ3v) is 9.72. The summed E-state index contributed by atoms with van der Waals surface area (Å²) in [6.07, 6.45) is 22.3. The van der Waals surface area contributed by atoms with Crippen LogP contribution in [0.15, 0.2) is 0 Å². The molecule has 0 aromatic heterocycles. The van der Waals surface area contributed by atoms with Crippen LogP contribution in [-0.2, 0) is 52.5 Å². The van der Waals surface area contributed by atoms with Crippen molar-refractivity contribution in [1.29, 1.82) is 0 Å². The van der Waals surface area contributed by atoms with Crippen LogP contribution in [0.3, 0.4) is 0 Å². The molecule has 0 aliphatic carbocycles. The topological polar surface area (TPSA) is 233 Å². The molecule has 0 aliphatic heterocycles. The molecule has 0 saturated carbocycles. The molecule has 16 heteroatoms.